The number of thioether (sulfide) groups is 1. The first-order chi connectivity index (χ1) is 11.6. The Morgan fingerprint density at radius 3 is 2.75 bits per heavy atom. The number of ether oxygens (including phenoxy) is 2. The van der Waals surface area contributed by atoms with Crippen molar-refractivity contribution in [2.45, 2.75) is 25.2 Å². The van der Waals surface area contributed by atoms with Crippen molar-refractivity contribution in [1.82, 2.24) is 4.90 Å². The lowest BCUT2D eigenvalue weighted by molar-refractivity contribution is -0.155. The van der Waals surface area contributed by atoms with Crippen LogP contribution < -0.4 is 4.74 Å². The number of benzene rings is 1. The van der Waals surface area contributed by atoms with E-state index >= 15 is 0 Å². The minimum Gasteiger partial charge on any atom is -0.497 e. The highest BCUT2D eigenvalue weighted by atomic mass is 35.5. The Morgan fingerprint density at radius 2 is 2.12 bits per heavy atom. The summed E-state index contributed by atoms with van der Waals surface area (Å²) >= 11 is 7.68. The minimum atomic E-state index is -1.17. The zero-order valence-corrected chi connectivity index (χ0v) is 15.1. The van der Waals surface area contributed by atoms with Crippen LogP contribution in [0, 0.1) is 5.92 Å². The molecule has 0 bridgehead atoms. The van der Waals surface area contributed by atoms with Gasteiger partial charge in [-0.25, -0.2) is 0 Å². The van der Waals surface area contributed by atoms with Crippen LogP contribution in [0.5, 0.6) is 5.75 Å². The van der Waals surface area contributed by atoms with Gasteiger partial charge in [-0.1, -0.05) is 19.1 Å². The number of aliphatic hydroxyl groups is 1. The van der Waals surface area contributed by atoms with Crippen LogP contribution in [0.3, 0.4) is 0 Å². The van der Waals surface area contributed by atoms with Crippen molar-refractivity contribution in [3.63, 3.8) is 0 Å². The van der Waals surface area contributed by atoms with E-state index in [1.54, 1.807) is 23.8 Å². The molecule has 2 aliphatic heterocycles. The molecular weight excluding hydrogens is 350 g/mol. The van der Waals surface area contributed by atoms with Crippen molar-refractivity contribution in [3.05, 3.63) is 41.1 Å². The molecule has 7 heteroatoms. The largest absolute Gasteiger partial charge is 0.497 e. The molecule has 1 N–H and O–H groups in total. The second-order valence-corrected chi connectivity index (χ2v) is 7.20. The zero-order chi connectivity index (χ0) is 17.3. The summed E-state index contributed by atoms with van der Waals surface area (Å²) in [7, 11) is 1.61. The second kappa shape index (κ2) is 7.35. The lowest BCUT2D eigenvalue weighted by Crippen LogP contribution is -2.61. The number of alkyl halides is 1. The number of carbonyl (C=O) groups excluding carboxylic acids is 1. The normalized spacial score (nSPS) is 24.5. The molecule has 1 aromatic rings. The predicted octanol–water partition coefficient (Wildman–Crippen LogP) is 2.57. The molecule has 0 aliphatic carbocycles. The van der Waals surface area contributed by atoms with Crippen LogP contribution in [0.4, 0.5) is 0 Å². The lowest BCUT2D eigenvalue weighted by atomic mass is 9.97. The molecule has 1 aromatic carbocycles. The van der Waals surface area contributed by atoms with Crippen LogP contribution in [0.2, 0.25) is 0 Å². The Bertz CT molecular complexity index is 648. The molecule has 3 rings (SSSR count). The van der Waals surface area contributed by atoms with Gasteiger partial charge in [0.1, 0.15) is 5.75 Å². The van der Waals surface area contributed by atoms with E-state index in [-0.39, 0.29) is 29.7 Å². The van der Waals surface area contributed by atoms with E-state index in [9.17, 15) is 9.90 Å². The van der Waals surface area contributed by atoms with E-state index in [0.29, 0.717) is 11.4 Å². The van der Waals surface area contributed by atoms with Gasteiger partial charge in [-0.15, -0.1) is 23.4 Å². The number of aliphatic hydroxyl groups excluding tert-OH is 1. The Balaban J connectivity index is 1.70. The van der Waals surface area contributed by atoms with Gasteiger partial charge in [-0.05, 0) is 23.3 Å². The van der Waals surface area contributed by atoms with Gasteiger partial charge in [-0.3, -0.25) is 9.69 Å². The fourth-order valence-electron chi connectivity index (χ4n) is 2.89. The lowest BCUT2D eigenvalue weighted by Gasteiger charge is -2.50. The Labute approximate surface area is 150 Å². The monoisotopic (exact) mass is 369 g/mol. The molecule has 0 radical (unpaired) electrons. The topological polar surface area (TPSA) is 59.0 Å². The van der Waals surface area contributed by atoms with Crippen molar-refractivity contribution >= 4 is 29.3 Å². The number of hydrogen-bond acceptors (Lipinski definition) is 5. The SMILES string of the molecule is COc1ccc(COC(O)C2=C(CCl)CS[C@@H]3[C@@H](C)C(=O)N23)cc1. The highest BCUT2D eigenvalue weighted by Crippen LogP contribution is 2.44. The maximum absolute atomic E-state index is 12.2. The number of fused-ring (bicyclic) bond motifs is 1. The molecule has 1 fully saturated rings. The average Bonchev–Trinajstić information content (AvgIpc) is 2.64. The average molecular weight is 370 g/mol. The molecule has 3 atom stereocenters. The quantitative estimate of drug-likeness (QED) is 0.474. The smallest absolute Gasteiger partial charge is 0.233 e. The summed E-state index contributed by atoms with van der Waals surface area (Å²) in [6, 6.07) is 7.42. The Hall–Kier alpha value is -1.21. The number of β-lactam (4-membered cyclic amide) rings is 1. The predicted molar refractivity (Wildman–Crippen MR) is 93.8 cm³/mol. The van der Waals surface area contributed by atoms with E-state index in [0.717, 1.165) is 16.9 Å². The summed E-state index contributed by atoms with van der Waals surface area (Å²) in [5, 5.41) is 10.6. The molecule has 0 aromatic heterocycles. The molecule has 0 saturated carbocycles. The number of halogens is 1. The van der Waals surface area contributed by atoms with Crippen molar-refractivity contribution in [1.29, 1.82) is 0 Å². The first-order valence-electron chi connectivity index (χ1n) is 7.72. The number of nitrogens with zero attached hydrogens (tertiary/aromatic N) is 1. The number of hydrogen-bond donors (Lipinski definition) is 1. The molecule has 2 aliphatic rings. The molecule has 0 spiro atoms. The van der Waals surface area contributed by atoms with Gasteiger partial charge >= 0.3 is 0 Å². The summed E-state index contributed by atoms with van der Waals surface area (Å²) in [6.45, 7) is 2.14. The highest BCUT2D eigenvalue weighted by Gasteiger charge is 2.50. The number of carbonyl (C=O) groups is 1. The minimum absolute atomic E-state index is 0.0110. The summed E-state index contributed by atoms with van der Waals surface area (Å²) in [4.78, 5) is 13.8. The maximum Gasteiger partial charge on any atom is 0.233 e. The van der Waals surface area contributed by atoms with Crippen molar-refractivity contribution in [2.75, 3.05) is 18.7 Å². The zero-order valence-electron chi connectivity index (χ0n) is 13.6. The van der Waals surface area contributed by atoms with Crippen LogP contribution in [0.1, 0.15) is 12.5 Å². The van der Waals surface area contributed by atoms with Crippen LogP contribution in [-0.4, -0.2) is 46.3 Å². The third kappa shape index (κ3) is 3.16. The van der Waals surface area contributed by atoms with Crippen molar-refractivity contribution < 1.29 is 19.4 Å². The molecule has 1 saturated heterocycles. The second-order valence-electron chi connectivity index (χ2n) is 5.83. The van der Waals surface area contributed by atoms with Gasteiger partial charge in [0.25, 0.3) is 0 Å². The third-order valence-corrected chi connectivity index (χ3v) is 6.12. The third-order valence-electron chi connectivity index (χ3n) is 4.32. The Kier molecular flexibility index (Phi) is 5.39. The summed E-state index contributed by atoms with van der Waals surface area (Å²) < 4.78 is 10.7. The van der Waals surface area contributed by atoms with Gasteiger partial charge < -0.3 is 14.6 Å². The number of methoxy groups -OCH3 is 1. The molecule has 2 heterocycles. The standard InChI is InChI=1S/C17H20ClNO4S/c1-10-15(20)19-14(12(7-18)9-24-16(10)19)17(21)23-8-11-3-5-13(22-2)6-4-11/h3-6,10,16-17,21H,7-9H2,1-2H3/t10-,16+,17?/m0/s1. The van der Waals surface area contributed by atoms with Crippen molar-refractivity contribution in [2.24, 2.45) is 5.92 Å². The van der Waals surface area contributed by atoms with Gasteiger partial charge in [0.2, 0.25) is 5.91 Å². The summed E-state index contributed by atoms with van der Waals surface area (Å²) in [5.41, 5.74) is 2.28. The van der Waals surface area contributed by atoms with Crippen molar-refractivity contribution in [3.8, 4) is 5.75 Å². The first-order valence-corrected chi connectivity index (χ1v) is 9.30. The van der Waals surface area contributed by atoms with E-state index in [2.05, 4.69) is 0 Å². The molecule has 5 nitrogen and oxygen atoms in total. The van der Waals surface area contributed by atoms with E-state index in [1.807, 2.05) is 31.2 Å². The van der Waals surface area contributed by atoms with Crippen LogP contribution in [0.15, 0.2) is 35.5 Å². The number of rotatable bonds is 6. The molecule has 130 valence electrons. The van der Waals surface area contributed by atoms with Crippen LogP contribution >= 0.6 is 23.4 Å². The molecule has 1 amide bonds. The van der Waals surface area contributed by atoms with Gasteiger partial charge in [-0.2, -0.15) is 0 Å². The van der Waals surface area contributed by atoms with E-state index in [1.165, 1.54) is 0 Å². The molecule has 1 unspecified atom stereocenters. The Morgan fingerprint density at radius 1 is 1.42 bits per heavy atom. The highest BCUT2D eigenvalue weighted by molar-refractivity contribution is 8.00. The van der Waals surface area contributed by atoms with Gasteiger partial charge in [0, 0.05) is 11.6 Å². The number of amides is 1. The molecule has 24 heavy (non-hydrogen) atoms. The fraction of sp³-hybridized carbons (Fsp3) is 0.471. The fourth-order valence-corrected chi connectivity index (χ4v) is 4.63. The van der Waals surface area contributed by atoms with Crippen LogP contribution in [0.25, 0.3) is 0 Å². The molecular formula is C17H20ClNO4S. The van der Waals surface area contributed by atoms with E-state index < -0.39 is 6.29 Å². The van der Waals surface area contributed by atoms with Crippen LogP contribution in [-0.2, 0) is 16.1 Å². The first kappa shape index (κ1) is 17.6. The summed E-state index contributed by atoms with van der Waals surface area (Å²) in [6.07, 6.45) is -1.17. The van der Waals surface area contributed by atoms with Gasteiger partial charge in [0.05, 0.1) is 30.7 Å². The van der Waals surface area contributed by atoms with E-state index in [4.69, 9.17) is 21.1 Å². The van der Waals surface area contributed by atoms with Gasteiger partial charge in [0.15, 0.2) is 6.29 Å². The maximum atomic E-state index is 12.2. The summed E-state index contributed by atoms with van der Waals surface area (Å²) in [5.74, 6) is 1.72.